The molecule has 1 N–H and O–H groups in total. The van der Waals surface area contributed by atoms with E-state index < -0.39 is 24.0 Å². The van der Waals surface area contributed by atoms with Crippen molar-refractivity contribution in [3.8, 4) is 0 Å². The minimum atomic E-state index is -1.14. The first kappa shape index (κ1) is 19.0. The first-order chi connectivity index (χ1) is 13.8. The maximum absolute atomic E-state index is 12.9. The number of halogens is 1. The molecule has 2 amide bonds. The van der Waals surface area contributed by atoms with Crippen molar-refractivity contribution in [1.29, 1.82) is 0 Å². The van der Waals surface area contributed by atoms with Crippen molar-refractivity contribution in [3.63, 3.8) is 0 Å². The van der Waals surface area contributed by atoms with Crippen LogP contribution in [0.25, 0.3) is 11.0 Å². The minimum Gasteiger partial charge on any atom is -0.450 e. The van der Waals surface area contributed by atoms with E-state index in [-0.39, 0.29) is 11.7 Å². The summed E-state index contributed by atoms with van der Waals surface area (Å²) in [6.07, 6.45) is 0. The van der Waals surface area contributed by atoms with Gasteiger partial charge in [-0.2, -0.15) is 0 Å². The van der Waals surface area contributed by atoms with Gasteiger partial charge in [0.25, 0.3) is 5.91 Å². The maximum atomic E-state index is 12.9. The third-order valence-corrected chi connectivity index (χ3v) is 5.00. The fourth-order valence-electron chi connectivity index (χ4n) is 3.28. The van der Waals surface area contributed by atoms with Crippen LogP contribution in [-0.2, 0) is 14.3 Å². The summed E-state index contributed by atoms with van der Waals surface area (Å²) in [5.74, 6) is -1.67. The second-order valence-electron chi connectivity index (χ2n) is 7.13. The summed E-state index contributed by atoms with van der Waals surface area (Å²) in [5.41, 5.74) is 0.395. The van der Waals surface area contributed by atoms with Crippen molar-refractivity contribution in [1.82, 2.24) is 0 Å². The van der Waals surface area contributed by atoms with Gasteiger partial charge >= 0.3 is 5.97 Å². The van der Waals surface area contributed by atoms with Gasteiger partial charge in [-0.15, -0.1) is 0 Å². The monoisotopic (exact) mass is 412 g/mol. The Morgan fingerprint density at radius 2 is 1.93 bits per heavy atom. The van der Waals surface area contributed by atoms with E-state index in [9.17, 15) is 14.4 Å². The van der Waals surface area contributed by atoms with Gasteiger partial charge in [0.2, 0.25) is 11.7 Å². The van der Waals surface area contributed by atoms with E-state index in [1.54, 1.807) is 56.3 Å². The Hall–Kier alpha value is -3.32. The number of carbonyl (C=O) groups is 3. The van der Waals surface area contributed by atoms with Crippen LogP contribution in [0.4, 0.5) is 11.4 Å². The molecule has 7 nitrogen and oxygen atoms in total. The number of nitrogens with one attached hydrogen (secondary N) is 1. The van der Waals surface area contributed by atoms with Gasteiger partial charge in [0.05, 0.1) is 11.4 Å². The average Bonchev–Trinajstić information content (AvgIpc) is 3.10. The van der Waals surface area contributed by atoms with Crippen LogP contribution in [0.1, 0.15) is 24.4 Å². The number of anilines is 2. The van der Waals surface area contributed by atoms with Crippen molar-refractivity contribution in [2.24, 2.45) is 0 Å². The molecule has 3 aromatic rings. The van der Waals surface area contributed by atoms with Crippen LogP contribution in [-0.4, -0.2) is 29.9 Å². The lowest BCUT2D eigenvalue weighted by molar-refractivity contribution is -0.128. The van der Waals surface area contributed by atoms with Crippen LogP contribution in [0.15, 0.2) is 52.9 Å². The van der Waals surface area contributed by atoms with Gasteiger partial charge in [-0.25, -0.2) is 4.79 Å². The SMILES string of the molecule is CC1(C)C(=O)Nc2ccccc2N1C(=O)COC(=O)c1cc2cc(Cl)ccc2o1. The van der Waals surface area contributed by atoms with E-state index in [1.165, 1.54) is 11.0 Å². The number of furan rings is 1. The molecule has 1 aliphatic rings. The van der Waals surface area contributed by atoms with Gasteiger partial charge in [0.1, 0.15) is 11.1 Å². The van der Waals surface area contributed by atoms with Gasteiger partial charge in [-0.3, -0.25) is 14.5 Å². The Morgan fingerprint density at radius 3 is 2.72 bits per heavy atom. The van der Waals surface area contributed by atoms with Crippen molar-refractivity contribution < 1.29 is 23.5 Å². The summed E-state index contributed by atoms with van der Waals surface area (Å²) in [5, 5.41) is 3.94. The normalized spacial score (nSPS) is 15.0. The Morgan fingerprint density at radius 1 is 1.17 bits per heavy atom. The van der Waals surface area contributed by atoms with Crippen molar-refractivity contribution in [2.45, 2.75) is 19.4 Å². The third-order valence-electron chi connectivity index (χ3n) is 4.76. The lowest BCUT2D eigenvalue weighted by atomic mass is 9.96. The molecule has 2 aromatic carbocycles. The predicted molar refractivity (Wildman–Crippen MR) is 108 cm³/mol. The molecule has 0 aliphatic carbocycles. The molecule has 0 radical (unpaired) electrons. The van der Waals surface area contributed by atoms with Crippen molar-refractivity contribution >= 4 is 51.7 Å². The van der Waals surface area contributed by atoms with E-state index in [4.69, 9.17) is 20.8 Å². The number of rotatable bonds is 3. The molecule has 0 fully saturated rings. The summed E-state index contributed by atoms with van der Waals surface area (Å²) in [4.78, 5) is 39.0. The van der Waals surface area contributed by atoms with E-state index in [2.05, 4.69) is 5.32 Å². The maximum Gasteiger partial charge on any atom is 0.374 e. The van der Waals surface area contributed by atoms with Gasteiger partial charge in [0, 0.05) is 10.4 Å². The standard InChI is InChI=1S/C21H17ClN2O5/c1-21(2)20(27)23-14-5-3-4-6-15(14)24(21)18(25)11-28-19(26)17-10-12-9-13(22)7-8-16(12)29-17/h3-10H,11H2,1-2H3,(H,23,27). The minimum absolute atomic E-state index is 0.0360. The van der Waals surface area contributed by atoms with Crippen LogP contribution < -0.4 is 10.2 Å². The van der Waals surface area contributed by atoms with E-state index in [1.807, 2.05) is 0 Å². The zero-order valence-electron chi connectivity index (χ0n) is 15.7. The fraction of sp³-hybridized carbons (Fsp3) is 0.190. The van der Waals surface area contributed by atoms with Crippen LogP contribution in [0.2, 0.25) is 5.02 Å². The Kier molecular flexibility index (Phi) is 4.55. The van der Waals surface area contributed by atoms with Gasteiger partial charge < -0.3 is 14.5 Å². The number of carbonyl (C=O) groups excluding carboxylic acids is 3. The molecule has 1 aromatic heterocycles. The van der Waals surface area contributed by atoms with Crippen molar-refractivity contribution in [3.05, 3.63) is 59.3 Å². The summed E-state index contributed by atoms with van der Waals surface area (Å²) >= 11 is 5.94. The molecule has 0 bridgehead atoms. The Balaban J connectivity index is 1.54. The predicted octanol–water partition coefficient (Wildman–Crippen LogP) is 4.01. The molecule has 0 spiro atoms. The van der Waals surface area contributed by atoms with Gasteiger partial charge in [-0.05, 0) is 50.2 Å². The highest BCUT2D eigenvalue weighted by Crippen LogP contribution is 2.36. The number of hydrogen-bond donors (Lipinski definition) is 1. The molecule has 148 valence electrons. The summed E-state index contributed by atoms with van der Waals surface area (Å²) in [6, 6.07) is 13.4. The lowest BCUT2D eigenvalue weighted by Gasteiger charge is -2.41. The first-order valence-corrected chi connectivity index (χ1v) is 9.25. The number of nitrogens with zero attached hydrogens (tertiary/aromatic N) is 1. The highest BCUT2D eigenvalue weighted by molar-refractivity contribution is 6.31. The topological polar surface area (TPSA) is 88.9 Å². The third kappa shape index (κ3) is 3.34. The summed E-state index contributed by atoms with van der Waals surface area (Å²) in [6.45, 7) is 2.71. The molecule has 2 heterocycles. The highest BCUT2D eigenvalue weighted by Gasteiger charge is 2.43. The van der Waals surface area contributed by atoms with Crippen LogP contribution in [0.5, 0.6) is 0 Å². The quantitative estimate of drug-likeness (QED) is 0.656. The fourth-order valence-corrected chi connectivity index (χ4v) is 3.46. The van der Waals surface area contributed by atoms with Crippen LogP contribution in [0, 0.1) is 0 Å². The number of ether oxygens (including phenoxy) is 1. The number of fused-ring (bicyclic) bond motifs is 2. The molecular formula is C21H17ClN2O5. The molecule has 0 saturated carbocycles. The van der Waals surface area contributed by atoms with E-state index >= 15 is 0 Å². The molecule has 29 heavy (non-hydrogen) atoms. The molecular weight excluding hydrogens is 396 g/mol. The molecule has 0 unspecified atom stereocenters. The number of para-hydroxylation sites is 2. The zero-order valence-corrected chi connectivity index (χ0v) is 16.4. The van der Waals surface area contributed by atoms with Crippen LogP contribution >= 0.6 is 11.6 Å². The van der Waals surface area contributed by atoms with Crippen LogP contribution in [0.3, 0.4) is 0 Å². The zero-order chi connectivity index (χ0) is 20.8. The smallest absolute Gasteiger partial charge is 0.374 e. The lowest BCUT2D eigenvalue weighted by Crippen LogP contribution is -2.59. The van der Waals surface area contributed by atoms with E-state index in [0.717, 1.165) is 0 Å². The highest BCUT2D eigenvalue weighted by atomic mass is 35.5. The Labute approximate surface area is 171 Å². The summed E-state index contributed by atoms with van der Waals surface area (Å²) in [7, 11) is 0. The molecule has 4 rings (SSSR count). The van der Waals surface area contributed by atoms with Gasteiger partial charge in [-0.1, -0.05) is 23.7 Å². The molecule has 0 atom stereocenters. The number of amides is 2. The first-order valence-electron chi connectivity index (χ1n) is 8.87. The molecule has 8 heteroatoms. The van der Waals surface area contributed by atoms with Gasteiger partial charge in [0.15, 0.2) is 6.61 Å². The number of hydrogen-bond acceptors (Lipinski definition) is 5. The van der Waals surface area contributed by atoms with Crippen molar-refractivity contribution in [2.75, 3.05) is 16.8 Å². The number of esters is 1. The largest absolute Gasteiger partial charge is 0.450 e. The second kappa shape index (κ2) is 6.93. The second-order valence-corrected chi connectivity index (χ2v) is 7.56. The average molecular weight is 413 g/mol. The number of benzene rings is 2. The molecule has 1 aliphatic heterocycles. The Bertz CT molecular complexity index is 1150. The summed E-state index contributed by atoms with van der Waals surface area (Å²) < 4.78 is 10.6. The molecule has 0 saturated heterocycles. The van der Waals surface area contributed by atoms with E-state index in [0.29, 0.717) is 27.4 Å².